The Labute approximate surface area is 207 Å². The summed E-state index contributed by atoms with van der Waals surface area (Å²) < 4.78 is 2.43. The van der Waals surface area contributed by atoms with Crippen molar-refractivity contribution >= 4 is 22.1 Å². The van der Waals surface area contributed by atoms with Crippen molar-refractivity contribution in [3.05, 3.63) is 72.9 Å². The first-order chi connectivity index (χ1) is 17.8. The number of nitrogens with one attached hydrogen (secondary N) is 1. The van der Waals surface area contributed by atoms with Crippen molar-refractivity contribution in [2.75, 3.05) is 0 Å². The number of hydrogen-bond donors (Lipinski definition) is 1. The highest BCUT2D eigenvalue weighted by Gasteiger charge is 2.23. The van der Waals surface area contributed by atoms with Crippen molar-refractivity contribution in [1.29, 1.82) is 0 Å². The lowest BCUT2D eigenvalue weighted by molar-refractivity contribution is 0.362. The lowest BCUT2D eigenvalue weighted by atomic mass is 9.94. The molecule has 0 atom stereocenters. The minimum atomic E-state index is 0.423. The van der Waals surface area contributed by atoms with Gasteiger partial charge in [-0.1, -0.05) is 49.6 Å². The summed E-state index contributed by atoms with van der Waals surface area (Å²) in [5, 5.41) is 14.5. The molecule has 1 aliphatic carbocycles. The first-order valence-corrected chi connectivity index (χ1v) is 12.4. The highest BCUT2D eigenvalue weighted by Crippen LogP contribution is 2.37. The molecule has 0 aliphatic heterocycles. The minimum absolute atomic E-state index is 0.423. The second-order valence-electron chi connectivity index (χ2n) is 9.36. The van der Waals surface area contributed by atoms with E-state index in [-0.39, 0.29) is 0 Å². The summed E-state index contributed by atoms with van der Waals surface area (Å²) in [6.45, 7) is 0. The fraction of sp³-hybridized carbons (Fsp3) is 0.214. The highest BCUT2D eigenvalue weighted by molar-refractivity contribution is 5.87. The average molecular weight is 473 g/mol. The van der Waals surface area contributed by atoms with E-state index in [0.717, 1.165) is 63.1 Å². The van der Waals surface area contributed by atoms with Gasteiger partial charge in [-0.25, -0.2) is 9.97 Å². The van der Waals surface area contributed by atoms with Crippen LogP contribution in [0.15, 0.2) is 72.9 Å². The van der Waals surface area contributed by atoms with Crippen LogP contribution in [0.2, 0.25) is 0 Å². The molecule has 36 heavy (non-hydrogen) atoms. The maximum Gasteiger partial charge on any atom is 0.204 e. The lowest BCUT2D eigenvalue weighted by Gasteiger charge is -2.25. The summed E-state index contributed by atoms with van der Waals surface area (Å²) in [5.41, 5.74) is 7.67. The standard InChI is InChI=1S/C28H24N8/c1-3-7-18(8-4-1)25-17-29-22-13-11-20(16-23(22)30-25)28-31-24-15-19(27-32-34-35-33-27)12-14-26(24)36(28)21-9-5-2-6-10-21/h1,3-4,7-8,11-17,21H,2,5-6,9-10H2,(H,32,33,34,35). The number of tetrazole rings is 1. The summed E-state index contributed by atoms with van der Waals surface area (Å²) in [6, 6.07) is 23.1. The number of nitrogens with zero attached hydrogens (tertiary/aromatic N) is 7. The molecular formula is C28H24N8. The second-order valence-corrected chi connectivity index (χ2v) is 9.36. The molecule has 0 amide bonds. The van der Waals surface area contributed by atoms with Gasteiger partial charge >= 0.3 is 0 Å². The SMILES string of the molecule is c1ccc(-c2cnc3ccc(-c4nc5cc(-c6nn[nH]n6)ccc5n4C4CCCCC4)cc3n2)cc1. The molecule has 0 radical (unpaired) electrons. The van der Waals surface area contributed by atoms with Gasteiger partial charge in [0.2, 0.25) is 5.82 Å². The highest BCUT2D eigenvalue weighted by atomic mass is 15.5. The molecule has 7 rings (SSSR count). The van der Waals surface area contributed by atoms with Crippen LogP contribution in [0.5, 0.6) is 0 Å². The number of benzene rings is 3. The van der Waals surface area contributed by atoms with Gasteiger partial charge in [-0.05, 0) is 54.5 Å². The monoisotopic (exact) mass is 472 g/mol. The Morgan fingerprint density at radius 2 is 1.58 bits per heavy atom. The van der Waals surface area contributed by atoms with Crippen molar-refractivity contribution in [2.24, 2.45) is 0 Å². The van der Waals surface area contributed by atoms with Crippen LogP contribution in [-0.2, 0) is 0 Å². The molecule has 0 unspecified atom stereocenters. The van der Waals surface area contributed by atoms with Gasteiger partial charge in [-0.15, -0.1) is 10.2 Å². The van der Waals surface area contributed by atoms with Gasteiger partial charge in [0.05, 0.1) is 34.0 Å². The number of rotatable bonds is 4. The lowest BCUT2D eigenvalue weighted by Crippen LogP contribution is -2.14. The molecule has 1 fully saturated rings. The van der Waals surface area contributed by atoms with E-state index in [0.29, 0.717) is 11.9 Å². The first-order valence-electron chi connectivity index (χ1n) is 12.4. The molecule has 6 aromatic rings. The first kappa shape index (κ1) is 20.9. The fourth-order valence-corrected chi connectivity index (χ4v) is 5.33. The fourth-order valence-electron chi connectivity index (χ4n) is 5.33. The second kappa shape index (κ2) is 8.64. The van der Waals surface area contributed by atoms with Crippen LogP contribution in [0.4, 0.5) is 0 Å². The number of aromatic nitrogens is 8. The maximum absolute atomic E-state index is 5.14. The minimum Gasteiger partial charge on any atom is -0.321 e. The third-order valence-electron chi connectivity index (χ3n) is 7.10. The van der Waals surface area contributed by atoms with Crippen molar-refractivity contribution in [3.63, 3.8) is 0 Å². The Balaban J connectivity index is 1.39. The molecule has 1 saturated carbocycles. The van der Waals surface area contributed by atoms with Gasteiger partial charge in [-0.3, -0.25) is 4.98 Å². The summed E-state index contributed by atoms with van der Waals surface area (Å²) in [4.78, 5) is 14.8. The van der Waals surface area contributed by atoms with Gasteiger partial charge in [0.15, 0.2) is 0 Å². The quantitative estimate of drug-likeness (QED) is 0.338. The van der Waals surface area contributed by atoms with Crippen LogP contribution >= 0.6 is 0 Å². The zero-order chi connectivity index (χ0) is 23.9. The normalized spacial score (nSPS) is 14.6. The van der Waals surface area contributed by atoms with Crippen LogP contribution in [0.1, 0.15) is 38.1 Å². The molecule has 1 N–H and O–H groups in total. The van der Waals surface area contributed by atoms with Crippen LogP contribution < -0.4 is 0 Å². The van der Waals surface area contributed by atoms with Crippen molar-refractivity contribution in [3.8, 4) is 34.0 Å². The van der Waals surface area contributed by atoms with E-state index >= 15 is 0 Å². The molecule has 3 aromatic carbocycles. The summed E-state index contributed by atoms with van der Waals surface area (Å²) in [6.07, 6.45) is 7.96. The van der Waals surface area contributed by atoms with Gasteiger partial charge in [0, 0.05) is 22.7 Å². The van der Waals surface area contributed by atoms with Gasteiger partial charge in [-0.2, -0.15) is 5.21 Å². The van der Waals surface area contributed by atoms with E-state index in [9.17, 15) is 0 Å². The zero-order valence-corrected chi connectivity index (χ0v) is 19.7. The summed E-state index contributed by atoms with van der Waals surface area (Å²) in [7, 11) is 0. The van der Waals surface area contributed by atoms with E-state index in [2.05, 4.69) is 72.6 Å². The molecule has 3 heterocycles. The topological polar surface area (TPSA) is 98.1 Å². The predicted molar refractivity (Wildman–Crippen MR) is 139 cm³/mol. The molecule has 8 nitrogen and oxygen atoms in total. The number of imidazole rings is 1. The molecule has 8 heteroatoms. The Kier molecular flexibility index (Phi) is 5.01. The largest absolute Gasteiger partial charge is 0.321 e. The number of hydrogen-bond acceptors (Lipinski definition) is 6. The molecular weight excluding hydrogens is 448 g/mol. The van der Waals surface area contributed by atoms with E-state index < -0.39 is 0 Å². The molecule has 0 bridgehead atoms. The van der Waals surface area contributed by atoms with E-state index in [1.807, 2.05) is 30.5 Å². The molecule has 0 saturated heterocycles. The Morgan fingerprint density at radius 3 is 2.42 bits per heavy atom. The molecule has 0 spiro atoms. The Morgan fingerprint density at radius 1 is 0.750 bits per heavy atom. The van der Waals surface area contributed by atoms with Crippen molar-refractivity contribution in [2.45, 2.75) is 38.1 Å². The number of fused-ring (bicyclic) bond motifs is 2. The van der Waals surface area contributed by atoms with Gasteiger partial charge in [0.1, 0.15) is 5.82 Å². The predicted octanol–water partition coefficient (Wildman–Crippen LogP) is 6.00. The Hall–Kier alpha value is -4.46. The third-order valence-corrected chi connectivity index (χ3v) is 7.10. The summed E-state index contributed by atoms with van der Waals surface area (Å²) >= 11 is 0. The van der Waals surface area contributed by atoms with Gasteiger partial charge < -0.3 is 4.57 Å². The molecule has 1 aliphatic rings. The number of H-pyrrole nitrogens is 1. The smallest absolute Gasteiger partial charge is 0.204 e. The zero-order valence-electron chi connectivity index (χ0n) is 19.7. The van der Waals surface area contributed by atoms with Crippen LogP contribution in [0.3, 0.4) is 0 Å². The van der Waals surface area contributed by atoms with Gasteiger partial charge in [0.25, 0.3) is 0 Å². The van der Waals surface area contributed by atoms with Crippen molar-refractivity contribution in [1.82, 2.24) is 40.1 Å². The van der Waals surface area contributed by atoms with Crippen molar-refractivity contribution < 1.29 is 0 Å². The van der Waals surface area contributed by atoms with Crippen LogP contribution in [0.25, 0.3) is 56.1 Å². The number of aromatic amines is 1. The third kappa shape index (κ3) is 3.62. The average Bonchev–Trinajstić information content (AvgIpc) is 3.62. The Bertz CT molecular complexity index is 1670. The van der Waals surface area contributed by atoms with E-state index in [1.165, 1.54) is 19.3 Å². The van der Waals surface area contributed by atoms with Crippen LogP contribution in [-0.4, -0.2) is 40.1 Å². The van der Waals surface area contributed by atoms with Crippen LogP contribution in [0, 0.1) is 0 Å². The van der Waals surface area contributed by atoms with E-state index in [4.69, 9.17) is 9.97 Å². The maximum atomic E-state index is 5.14. The molecule has 176 valence electrons. The summed E-state index contributed by atoms with van der Waals surface area (Å²) in [5.74, 6) is 1.54. The van der Waals surface area contributed by atoms with E-state index in [1.54, 1.807) is 0 Å². The molecule has 3 aromatic heterocycles.